The van der Waals surface area contributed by atoms with Crippen molar-refractivity contribution in [1.82, 2.24) is 4.90 Å². The minimum Gasteiger partial charge on any atom is -0.269 e. The molecule has 1 rings (SSSR count). The standard InChI is InChI=1S/C13H19NO6/c1-5-6-13(3,4)19-20-18-11(16)8-14-10(15)7-9(2)12(14)17/h7H,5-6,8H2,1-4H3. The molecule has 0 spiro atoms. The Morgan fingerprint density at radius 1 is 1.35 bits per heavy atom. The Kier molecular flexibility index (Phi) is 5.41. The van der Waals surface area contributed by atoms with Crippen molar-refractivity contribution < 1.29 is 29.2 Å². The number of hydrogen-bond acceptors (Lipinski definition) is 6. The molecule has 7 nitrogen and oxygen atoms in total. The molecule has 0 unspecified atom stereocenters. The Morgan fingerprint density at radius 2 is 2.00 bits per heavy atom. The number of amides is 2. The van der Waals surface area contributed by atoms with Crippen molar-refractivity contribution in [2.24, 2.45) is 0 Å². The predicted molar refractivity (Wildman–Crippen MR) is 67.7 cm³/mol. The van der Waals surface area contributed by atoms with Crippen LogP contribution >= 0.6 is 0 Å². The summed E-state index contributed by atoms with van der Waals surface area (Å²) < 4.78 is 0. The van der Waals surface area contributed by atoms with Gasteiger partial charge in [-0.25, -0.2) is 4.79 Å². The predicted octanol–water partition coefficient (Wildman–Crippen LogP) is 1.29. The molecule has 0 bridgehead atoms. The van der Waals surface area contributed by atoms with Gasteiger partial charge in [0.2, 0.25) is 0 Å². The van der Waals surface area contributed by atoms with E-state index in [-0.39, 0.29) is 5.57 Å². The molecule has 1 aliphatic rings. The molecule has 0 radical (unpaired) electrons. The first-order valence-electron chi connectivity index (χ1n) is 6.36. The third-order valence-electron chi connectivity index (χ3n) is 2.71. The first-order chi connectivity index (χ1) is 9.26. The van der Waals surface area contributed by atoms with E-state index >= 15 is 0 Å². The van der Waals surface area contributed by atoms with E-state index in [1.54, 1.807) is 13.8 Å². The lowest BCUT2D eigenvalue weighted by molar-refractivity contribution is -0.517. The van der Waals surface area contributed by atoms with E-state index in [9.17, 15) is 14.4 Å². The Bertz CT molecular complexity index is 440. The molecule has 0 aromatic rings. The van der Waals surface area contributed by atoms with Crippen molar-refractivity contribution in [2.45, 2.75) is 46.1 Å². The summed E-state index contributed by atoms with van der Waals surface area (Å²) in [6.45, 7) is 6.54. The lowest BCUT2D eigenvalue weighted by Crippen LogP contribution is -2.37. The van der Waals surface area contributed by atoms with Crippen molar-refractivity contribution in [3.05, 3.63) is 11.6 Å². The van der Waals surface area contributed by atoms with Crippen LogP contribution in [0.25, 0.3) is 0 Å². The van der Waals surface area contributed by atoms with Gasteiger partial charge in [0.25, 0.3) is 11.8 Å². The average Bonchev–Trinajstić information content (AvgIpc) is 2.55. The van der Waals surface area contributed by atoms with Crippen LogP contribution < -0.4 is 0 Å². The second kappa shape index (κ2) is 6.62. The highest BCUT2D eigenvalue weighted by Gasteiger charge is 2.31. The minimum atomic E-state index is -0.887. The van der Waals surface area contributed by atoms with Gasteiger partial charge in [-0.3, -0.25) is 19.4 Å². The lowest BCUT2D eigenvalue weighted by Gasteiger charge is -2.21. The number of imide groups is 1. The molecule has 0 aromatic carbocycles. The van der Waals surface area contributed by atoms with E-state index in [1.807, 2.05) is 6.92 Å². The van der Waals surface area contributed by atoms with Gasteiger partial charge in [-0.1, -0.05) is 13.3 Å². The lowest BCUT2D eigenvalue weighted by atomic mass is 10.0. The molecule has 112 valence electrons. The summed E-state index contributed by atoms with van der Waals surface area (Å²) in [7, 11) is 0. The van der Waals surface area contributed by atoms with Crippen molar-refractivity contribution in [1.29, 1.82) is 0 Å². The topological polar surface area (TPSA) is 82.1 Å². The number of hydrogen-bond donors (Lipinski definition) is 0. The van der Waals surface area contributed by atoms with Crippen molar-refractivity contribution in [3.8, 4) is 0 Å². The smallest absolute Gasteiger partial charge is 0.269 e. The van der Waals surface area contributed by atoms with Crippen LogP contribution in [0.1, 0.15) is 40.5 Å². The molecule has 20 heavy (non-hydrogen) atoms. The van der Waals surface area contributed by atoms with Crippen LogP contribution in [-0.2, 0) is 29.2 Å². The van der Waals surface area contributed by atoms with Gasteiger partial charge < -0.3 is 0 Å². The summed E-state index contributed by atoms with van der Waals surface area (Å²) in [6.07, 6.45) is 2.76. The molecule has 0 atom stereocenters. The zero-order valence-corrected chi connectivity index (χ0v) is 12.1. The van der Waals surface area contributed by atoms with Crippen LogP contribution in [0.15, 0.2) is 11.6 Å². The van der Waals surface area contributed by atoms with Gasteiger partial charge in [0, 0.05) is 11.6 Å². The highest BCUT2D eigenvalue weighted by molar-refractivity contribution is 6.16. The maximum Gasteiger partial charge on any atom is 0.365 e. The molecule has 1 heterocycles. The highest BCUT2D eigenvalue weighted by Crippen LogP contribution is 2.17. The SMILES string of the molecule is CCCC(C)(C)OOOC(=O)CN1C(=O)C=C(C)C1=O. The molecule has 0 aromatic heterocycles. The van der Waals surface area contributed by atoms with E-state index in [0.717, 1.165) is 23.8 Å². The van der Waals surface area contributed by atoms with Crippen molar-refractivity contribution in [2.75, 3.05) is 6.54 Å². The third kappa shape index (κ3) is 4.43. The number of nitrogens with zero attached hydrogens (tertiary/aromatic N) is 1. The first kappa shape index (κ1) is 16.3. The van der Waals surface area contributed by atoms with Crippen LogP contribution in [0.4, 0.5) is 0 Å². The summed E-state index contributed by atoms with van der Waals surface area (Å²) >= 11 is 0. The Balaban J connectivity index is 2.35. The molecule has 0 saturated carbocycles. The molecule has 7 heteroatoms. The van der Waals surface area contributed by atoms with E-state index in [1.165, 1.54) is 6.92 Å². The van der Waals surface area contributed by atoms with Gasteiger partial charge in [-0.2, -0.15) is 4.89 Å². The first-order valence-corrected chi connectivity index (χ1v) is 6.36. The van der Waals surface area contributed by atoms with Gasteiger partial charge in [-0.05, 0) is 32.2 Å². The molecular weight excluding hydrogens is 266 g/mol. The Labute approximate surface area is 117 Å². The summed E-state index contributed by atoms with van der Waals surface area (Å²) in [5.74, 6) is -1.95. The molecule has 0 saturated heterocycles. The fourth-order valence-corrected chi connectivity index (χ4v) is 1.73. The monoisotopic (exact) mass is 285 g/mol. The van der Waals surface area contributed by atoms with Gasteiger partial charge in [0.1, 0.15) is 12.1 Å². The fourth-order valence-electron chi connectivity index (χ4n) is 1.73. The average molecular weight is 285 g/mol. The van der Waals surface area contributed by atoms with Crippen LogP contribution in [0.2, 0.25) is 0 Å². The van der Waals surface area contributed by atoms with Crippen LogP contribution in [0.3, 0.4) is 0 Å². The second-order valence-corrected chi connectivity index (χ2v) is 5.17. The quantitative estimate of drug-likeness (QED) is 0.398. The normalized spacial score (nSPS) is 15.6. The Morgan fingerprint density at radius 3 is 2.50 bits per heavy atom. The van der Waals surface area contributed by atoms with Crippen molar-refractivity contribution >= 4 is 17.8 Å². The van der Waals surface area contributed by atoms with E-state index in [2.05, 4.69) is 9.93 Å². The molecule has 0 aliphatic carbocycles. The maximum atomic E-state index is 11.5. The van der Waals surface area contributed by atoms with Crippen molar-refractivity contribution in [3.63, 3.8) is 0 Å². The van der Waals surface area contributed by atoms with E-state index < -0.39 is 29.9 Å². The largest absolute Gasteiger partial charge is 0.365 e. The molecule has 0 N–H and O–H groups in total. The summed E-state index contributed by atoms with van der Waals surface area (Å²) in [6, 6.07) is 0. The van der Waals surface area contributed by atoms with Gasteiger partial charge in [-0.15, -0.1) is 0 Å². The van der Waals surface area contributed by atoms with Gasteiger partial charge >= 0.3 is 5.97 Å². The van der Waals surface area contributed by atoms with Crippen LogP contribution in [-0.4, -0.2) is 34.8 Å². The highest BCUT2D eigenvalue weighted by atomic mass is 17.5. The fraction of sp³-hybridized carbons (Fsp3) is 0.615. The van der Waals surface area contributed by atoms with E-state index in [0.29, 0.717) is 0 Å². The molecule has 2 amide bonds. The second-order valence-electron chi connectivity index (χ2n) is 5.17. The summed E-state index contributed by atoms with van der Waals surface area (Å²) in [4.78, 5) is 44.5. The number of carbonyl (C=O) groups excluding carboxylic acids is 3. The zero-order valence-electron chi connectivity index (χ0n) is 12.1. The maximum absolute atomic E-state index is 11.5. The van der Waals surface area contributed by atoms with Crippen LogP contribution in [0.5, 0.6) is 0 Å². The summed E-state index contributed by atoms with van der Waals surface area (Å²) in [5, 5.41) is 4.40. The third-order valence-corrected chi connectivity index (χ3v) is 2.71. The van der Waals surface area contributed by atoms with Crippen LogP contribution in [0, 0.1) is 0 Å². The molecule has 0 fully saturated rings. The van der Waals surface area contributed by atoms with Gasteiger partial charge in [0.15, 0.2) is 0 Å². The van der Waals surface area contributed by atoms with Gasteiger partial charge in [0.05, 0.1) is 0 Å². The summed E-state index contributed by atoms with van der Waals surface area (Å²) in [5.41, 5.74) is -0.309. The van der Waals surface area contributed by atoms with E-state index in [4.69, 9.17) is 4.89 Å². The molecular formula is C13H19NO6. The Hall–Kier alpha value is -1.73. The minimum absolute atomic E-state index is 0.282. The zero-order chi connectivity index (χ0) is 15.3. The number of rotatable bonds is 7. The number of carbonyl (C=O) groups is 3. The molecule has 1 aliphatic heterocycles.